The van der Waals surface area contributed by atoms with Crippen LogP contribution in [0.25, 0.3) is 0 Å². The number of morpholine rings is 1. The van der Waals surface area contributed by atoms with Crippen LogP contribution < -0.4 is 5.32 Å². The minimum absolute atomic E-state index is 0.100. The molecule has 1 aliphatic rings. The second-order valence-corrected chi connectivity index (χ2v) is 1.99. The Kier molecular flexibility index (Phi) is 1.48. The topological polar surface area (TPSA) is 42.7 Å². The van der Waals surface area contributed by atoms with E-state index < -0.39 is 0 Å². The van der Waals surface area contributed by atoms with Crippen molar-refractivity contribution in [3.05, 3.63) is 0 Å². The Balaban J connectivity index is 2.29. The molecule has 0 aromatic carbocycles. The van der Waals surface area contributed by atoms with Crippen LogP contribution in [-0.2, 0) is 4.74 Å². The van der Waals surface area contributed by atoms with Crippen LogP contribution in [0.3, 0.4) is 0 Å². The molecular weight excluding hydrogens is 106 g/mol. The van der Waals surface area contributed by atoms with E-state index in [0.29, 0.717) is 19.2 Å². The number of hydrogen-bond acceptors (Lipinski definition) is 2. The summed E-state index contributed by atoms with van der Waals surface area (Å²) in [6.45, 7) is 3.06. The third kappa shape index (κ3) is 1.20. The van der Waals surface area contributed by atoms with Gasteiger partial charge in [0, 0.05) is 0 Å². The van der Waals surface area contributed by atoms with Crippen LogP contribution in [0.1, 0.15) is 6.92 Å². The molecule has 1 atom stereocenters. The normalized spacial score (nSPS) is 29.6. The molecule has 0 unspecified atom stereocenters. The lowest BCUT2D eigenvalue weighted by Gasteiger charge is -2.11. The maximum absolute atomic E-state index is 8.66. The maximum atomic E-state index is 8.66. The molecule has 0 aromatic rings. The summed E-state index contributed by atoms with van der Waals surface area (Å²) in [6, 6.07) is 0.367. The summed E-state index contributed by atoms with van der Waals surface area (Å²) in [4.78, 5) is 8.66. The molecule has 1 saturated heterocycles. The van der Waals surface area contributed by atoms with E-state index in [0.717, 1.165) is 0 Å². The van der Waals surface area contributed by atoms with Crippen molar-refractivity contribution in [2.45, 2.75) is 13.0 Å². The van der Waals surface area contributed by atoms with Crippen LogP contribution in [0, 0.1) is 0 Å². The predicted octanol–water partition coefficient (Wildman–Crippen LogP) is -0.503. The first-order valence-electron chi connectivity index (χ1n) is 2.70. The van der Waals surface area contributed by atoms with Gasteiger partial charge >= 0.3 is 5.97 Å². The molecule has 46 valence electrons. The molecule has 3 heteroatoms. The summed E-state index contributed by atoms with van der Waals surface area (Å²) in [7, 11) is 0. The van der Waals surface area contributed by atoms with Crippen molar-refractivity contribution in [2.24, 2.45) is 0 Å². The highest BCUT2D eigenvalue weighted by Crippen LogP contribution is 1.90. The van der Waals surface area contributed by atoms with Crippen molar-refractivity contribution in [1.29, 1.82) is 0 Å². The van der Waals surface area contributed by atoms with Gasteiger partial charge in [0.05, 0.1) is 6.04 Å². The number of cyclic esters (lactones) is 1. The predicted molar refractivity (Wildman–Crippen MR) is 30.4 cm³/mol. The summed E-state index contributed by atoms with van der Waals surface area (Å²) in [5.41, 5.74) is 0. The third-order valence-electron chi connectivity index (χ3n) is 1.10. The van der Waals surface area contributed by atoms with Gasteiger partial charge in [-0.25, -0.2) is 0 Å². The monoisotopic (exact) mass is 116 g/mol. The first kappa shape index (κ1) is 5.56. The molecule has 0 aliphatic carbocycles. The summed E-state index contributed by atoms with van der Waals surface area (Å²) in [6.07, 6.45) is 0. The minimum atomic E-state index is 0.100. The second kappa shape index (κ2) is 2.13. The zero-order chi connectivity index (χ0) is 5.98. The van der Waals surface area contributed by atoms with Gasteiger partial charge in [0.15, 0.2) is 13.2 Å². The van der Waals surface area contributed by atoms with Crippen molar-refractivity contribution in [3.8, 4) is 0 Å². The Morgan fingerprint density at radius 3 is 3.00 bits per heavy atom. The van der Waals surface area contributed by atoms with Crippen molar-refractivity contribution in [2.75, 3.05) is 13.2 Å². The quantitative estimate of drug-likeness (QED) is 0.342. The van der Waals surface area contributed by atoms with Crippen LogP contribution in [-0.4, -0.2) is 30.0 Å². The lowest BCUT2D eigenvalue weighted by atomic mass is 10.3. The van der Waals surface area contributed by atoms with Gasteiger partial charge in [-0.2, -0.15) is 0 Å². The van der Waals surface area contributed by atoms with Gasteiger partial charge < -0.3 is 9.53 Å². The van der Waals surface area contributed by atoms with E-state index in [1.807, 2.05) is 6.92 Å². The number of rotatable bonds is 0. The first-order chi connectivity index (χ1) is 3.79. The van der Waals surface area contributed by atoms with Crippen LogP contribution in [0.15, 0.2) is 0 Å². The maximum Gasteiger partial charge on any atom is 0.497 e. The van der Waals surface area contributed by atoms with Gasteiger partial charge in [0.1, 0.15) is 0 Å². The summed E-state index contributed by atoms with van der Waals surface area (Å²) in [5, 5.41) is 3.02. The van der Waals surface area contributed by atoms with Crippen molar-refractivity contribution in [3.63, 3.8) is 0 Å². The van der Waals surface area contributed by atoms with Gasteiger partial charge in [-0.1, -0.05) is 0 Å². The average molecular weight is 116 g/mol. The molecule has 1 rings (SSSR count). The Hall–Kier alpha value is -0.570. The average Bonchev–Trinajstić information content (AvgIpc) is 1.77. The lowest BCUT2D eigenvalue weighted by molar-refractivity contribution is 0.204. The Morgan fingerprint density at radius 2 is 2.62 bits per heavy atom. The highest BCUT2D eigenvalue weighted by atomic mass is 16.5. The van der Waals surface area contributed by atoms with E-state index in [2.05, 4.69) is 5.32 Å². The second-order valence-electron chi connectivity index (χ2n) is 1.99. The van der Waals surface area contributed by atoms with E-state index in [1.165, 1.54) is 0 Å². The van der Waals surface area contributed by atoms with E-state index in [9.17, 15) is 0 Å². The molecule has 0 amide bonds. The third-order valence-corrected chi connectivity index (χ3v) is 1.10. The minimum Gasteiger partial charge on any atom is -0.338 e. The van der Waals surface area contributed by atoms with Gasteiger partial charge in [0.2, 0.25) is 0 Å². The molecule has 8 heavy (non-hydrogen) atoms. The zero-order valence-electron chi connectivity index (χ0n) is 4.85. The van der Waals surface area contributed by atoms with Gasteiger partial charge in [-0.05, 0) is 6.92 Å². The van der Waals surface area contributed by atoms with E-state index >= 15 is 0 Å². The van der Waals surface area contributed by atoms with Gasteiger partial charge in [-0.3, -0.25) is 5.32 Å². The highest BCUT2D eigenvalue weighted by molar-refractivity contribution is 5.73. The molecule has 0 bridgehead atoms. The van der Waals surface area contributed by atoms with Crippen molar-refractivity contribution in [1.82, 2.24) is 5.32 Å². The molecule has 0 aromatic heterocycles. The van der Waals surface area contributed by atoms with Crippen LogP contribution in [0.4, 0.5) is 0 Å². The lowest BCUT2D eigenvalue weighted by Crippen LogP contribution is -2.42. The Morgan fingerprint density at radius 1 is 1.88 bits per heavy atom. The van der Waals surface area contributed by atoms with Crippen LogP contribution >= 0.6 is 0 Å². The summed E-state index contributed by atoms with van der Waals surface area (Å²) >= 11 is 0. The van der Waals surface area contributed by atoms with Crippen molar-refractivity contribution < 1.29 is 9.53 Å². The van der Waals surface area contributed by atoms with E-state index in [1.54, 1.807) is 0 Å². The standard InChI is InChI=1S/C5H9NO2/c1-4-3-8-5(7)2-6-4/h4,6H,2-3H2,1H3/p+1/t4-/m0/s1. The SMILES string of the molecule is C[C@H]1COC(=[OH+])CN1. The number of hydrogen-bond donors (Lipinski definition) is 1. The Bertz CT molecular complexity index is 92.6. The highest BCUT2D eigenvalue weighted by Gasteiger charge is 2.21. The Labute approximate surface area is 48.0 Å². The van der Waals surface area contributed by atoms with E-state index in [4.69, 9.17) is 9.53 Å². The molecule has 0 saturated carbocycles. The van der Waals surface area contributed by atoms with E-state index in [-0.39, 0.29) is 5.97 Å². The molecule has 0 radical (unpaired) electrons. The van der Waals surface area contributed by atoms with Crippen LogP contribution in [0.2, 0.25) is 0 Å². The summed E-state index contributed by atoms with van der Waals surface area (Å²) in [5.74, 6) is 0.100. The number of nitrogens with one attached hydrogen (secondary N) is 1. The smallest absolute Gasteiger partial charge is 0.338 e. The van der Waals surface area contributed by atoms with Crippen molar-refractivity contribution >= 4 is 5.97 Å². The van der Waals surface area contributed by atoms with Gasteiger partial charge in [0.25, 0.3) is 0 Å². The molecule has 3 nitrogen and oxygen atoms in total. The molecular formula is C5H10NO2+. The zero-order valence-corrected chi connectivity index (χ0v) is 4.85. The molecule has 0 spiro atoms. The fraction of sp³-hybridized carbons (Fsp3) is 0.800. The molecule has 1 fully saturated rings. The fourth-order valence-corrected chi connectivity index (χ4v) is 0.593. The fourth-order valence-electron chi connectivity index (χ4n) is 0.593. The van der Waals surface area contributed by atoms with Gasteiger partial charge in [-0.15, -0.1) is 0 Å². The number of ether oxygens (including phenoxy) is 1. The largest absolute Gasteiger partial charge is 0.497 e. The number of carbonyl (C=O) groups excluding carboxylic acids is 1. The summed E-state index contributed by atoms with van der Waals surface area (Å²) < 4.78 is 4.80. The molecule has 1 aliphatic heterocycles. The number of esters is 1. The first-order valence-corrected chi connectivity index (χ1v) is 2.70. The molecule has 1 heterocycles. The van der Waals surface area contributed by atoms with Crippen LogP contribution in [0.5, 0.6) is 0 Å². The molecule has 2 N–H and O–H groups in total.